The third-order valence-corrected chi connectivity index (χ3v) is 2.64. The summed E-state index contributed by atoms with van der Waals surface area (Å²) in [5, 5.41) is 9.84. The molecule has 0 fully saturated rings. The maximum Gasteiger partial charge on any atom is 0.255 e. The fraction of sp³-hybridized carbons (Fsp3) is 0.167. The molecule has 0 bridgehead atoms. The van der Waals surface area contributed by atoms with Gasteiger partial charge in [-0.2, -0.15) is 0 Å². The van der Waals surface area contributed by atoms with Crippen LogP contribution >= 0.6 is 0 Å². The highest BCUT2D eigenvalue weighted by Crippen LogP contribution is 2.21. The first-order chi connectivity index (χ1) is 8.09. The molecule has 5 N–H and O–H groups in total. The highest BCUT2D eigenvalue weighted by molar-refractivity contribution is 6.21. The summed E-state index contributed by atoms with van der Waals surface area (Å²) in [5.74, 6) is -0.880. The molecule has 1 aromatic rings. The van der Waals surface area contributed by atoms with Crippen LogP contribution in [0.25, 0.3) is 0 Å². The number of hydrogen-bond donors (Lipinski definition) is 3. The van der Waals surface area contributed by atoms with E-state index in [-0.39, 0.29) is 17.2 Å². The van der Waals surface area contributed by atoms with Crippen molar-refractivity contribution in [2.45, 2.75) is 12.5 Å². The zero-order chi connectivity index (χ0) is 12.4. The quantitative estimate of drug-likeness (QED) is 0.695. The summed E-state index contributed by atoms with van der Waals surface area (Å²) in [4.78, 5) is 15.1. The molecule has 1 aromatic carbocycles. The van der Waals surface area contributed by atoms with Gasteiger partial charge < -0.3 is 16.6 Å². The molecule has 2 rings (SSSR count). The third kappa shape index (κ3) is 2.13. The smallest absolute Gasteiger partial charge is 0.255 e. The molecule has 1 aliphatic heterocycles. The first kappa shape index (κ1) is 11.2. The van der Waals surface area contributed by atoms with Crippen molar-refractivity contribution in [1.82, 2.24) is 0 Å². The Hall–Kier alpha value is -2.30. The largest absolute Gasteiger partial charge is 0.509 e. The van der Waals surface area contributed by atoms with Crippen LogP contribution in [0.15, 0.2) is 46.7 Å². The van der Waals surface area contributed by atoms with E-state index in [1.165, 1.54) is 0 Å². The summed E-state index contributed by atoms with van der Waals surface area (Å²) in [6.07, 6.45) is 0.490. The molecule has 0 radical (unpaired) electrons. The van der Waals surface area contributed by atoms with Crippen LogP contribution in [-0.2, 0) is 11.2 Å². The molecule has 1 amide bonds. The summed E-state index contributed by atoms with van der Waals surface area (Å²) in [6.45, 7) is 0. The Bertz CT molecular complexity index is 506. The normalized spacial score (nSPS) is 19.3. The Labute approximate surface area is 98.5 Å². The summed E-state index contributed by atoms with van der Waals surface area (Å²) in [7, 11) is 0. The molecule has 88 valence electrons. The number of benzene rings is 1. The molecule has 0 aromatic heterocycles. The van der Waals surface area contributed by atoms with E-state index in [2.05, 4.69) is 4.99 Å². The van der Waals surface area contributed by atoms with Gasteiger partial charge in [0.05, 0.1) is 0 Å². The van der Waals surface area contributed by atoms with Crippen molar-refractivity contribution in [3.05, 3.63) is 47.2 Å². The molecule has 0 saturated heterocycles. The Morgan fingerprint density at radius 1 is 1.35 bits per heavy atom. The second-order valence-corrected chi connectivity index (χ2v) is 3.84. The van der Waals surface area contributed by atoms with Gasteiger partial charge in [0.15, 0.2) is 0 Å². The van der Waals surface area contributed by atoms with Gasteiger partial charge in [-0.1, -0.05) is 30.3 Å². The first-order valence-electron chi connectivity index (χ1n) is 5.20. The van der Waals surface area contributed by atoms with Crippen LogP contribution in [0.2, 0.25) is 0 Å². The SMILES string of the molecule is NC(=O)C1=C(O)[C@H](Cc2ccccc2)N=C1N. The van der Waals surface area contributed by atoms with Crippen LogP contribution < -0.4 is 11.5 Å². The van der Waals surface area contributed by atoms with Gasteiger partial charge in [-0.15, -0.1) is 0 Å². The standard InChI is InChI=1S/C12H13N3O2/c13-11-9(12(14)17)10(16)8(15-11)6-7-4-2-1-3-5-7/h1-5,8,16H,6H2,(H2,13,15)(H2,14,17)/t8-/m0/s1. The first-order valence-corrected chi connectivity index (χ1v) is 5.20. The lowest BCUT2D eigenvalue weighted by atomic mass is 10.0. The Kier molecular flexibility index (Phi) is 2.82. The number of primary amides is 1. The number of carbonyl (C=O) groups excluding carboxylic acids is 1. The summed E-state index contributed by atoms with van der Waals surface area (Å²) >= 11 is 0. The molecule has 0 spiro atoms. The lowest BCUT2D eigenvalue weighted by Gasteiger charge is -2.07. The highest BCUT2D eigenvalue weighted by Gasteiger charge is 2.29. The Morgan fingerprint density at radius 2 is 2.00 bits per heavy atom. The van der Waals surface area contributed by atoms with Crippen LogP contribution in [0, 0.1) is 0 Å². The molecule has 17 heavy (non-hydrogen) atoms. The van der Waals surface area contributed by atoms with E-state index in [4.69, 9.17) is 11.5 Å². The minimum absolute atomic E-state index is 0.0101. The van der Waals surface area contributed by atoms with Gasteiger partial charge in [-0.25, -0.2) is 0 Å². The number of aliphatic hydroxyl groups is 1. The van der Waals surface area contributed by atoms with Crippen LogP contribution in [0.1, 0.15) is 5.56 Å². The number of rotatable bonds is 3. The Morgan fingerprint density at radius 3 is 2.53 bits per heavy atom. The van der Waals surface area contributed by atoms with E-state index >= 15 is 0 Å². The predicted octanol–water partition coefficient (Wildman–Crippen LogP) is 0.266. The molecular formula is C12H13N3O2. The molecular weight excluding hydrogens is 218 g/mol. The van der Waals surface area contributed by atoms with E-state index in [1.807, 2.05) is 30.3 Å². The van der Waals surface area contributed by atoms with E-state index in [9.17, 15) is 9.90 Å². The lowest BCUT2D eigenvalue weighted by molar-refractivity contribution is -0.114. The van der Waals surface area contributed by atoms with Crippen LogP contribution in [0.3, 0.4) is 0 Å². The molecule has 5 nitrogen and oxygen atoms in total. The van der Waals surface area contributed by atoms with Gasteiger partial charge in [-0.05, 0) is 5.56 Å². The monoisotopic (exact) mass is 231 g/mol. The third-order valence-electron chi connectivity index (χ3n) is 2.64. The van der Waals surface area contributed by atoms with Gasteiger partial charge in [0.25, 0.3) is 5.91 Å². The maximum absolute atomic E-state index is 11.1. The second kappa shape index (κ2) is 4.29. The number of hydrogen-bond acceptors (Lipinski definition) is 4. The summed E-state index contributed by atoms with van der Waals surface area (Å²) in [6, 6.07) is 9.02. The summed E-state index contributed by atoms with van der Waals surface area (Å²) in [5.41, 5.74) is 11.6. The van der Waals surface area contributed by atoms with E-state index < -0.39 is 11.9 Å². The van der Waals surface area contributed by atoms with Crippen LogP contribution in [0.5, 0.6) is 0 Å². The molecule has 1 atom stereocenters. The maximum atomic E-state index is 11.1. The lowest BCUT2D eigenvalue weighted by Crippen LogP contribution is -2.25. The topological polar surface area (TPSA) is 102 Å². The van der Waals surface area contributed by atoms with Crippen molar-refractivity contribution in [3.63, 3.8) is 0 Å². The van der Waals surface area contributed by atoms with Crippen molar-refractivity contribution in [2.75, 3.05) is 0 Å². The molecule has 0 saturated carbocycles. The average Bonchev–Trinajstić information content (AvgIpc) is 2.55. The highest BCUT2D eigenvalue weighted by atomic mass is 16.3. The van der Waals surface area contributed by atoms with Crippen LogP contribution in [-0.4, -0.2) is 22.9 Å². The zero-order valence-corrected chi connectivity index (χ0v) is 9.13. The number of aliphatic imine (C=N–C) groups is 1. The molecule has 0 unspecified atom stereocenters. The number of aliphatic hydroxyl groups excluding tert-OH is 1. The van der Waals surface area contributed by atoms with E-state index in [0.717, 1.165) is 5.56 Å². The fourth-order valence-corrected chi connectivity index (χ4v) is 1.82. The van der Waals surface area contributed by atoms with Crippen molar-refractivity contribution < 1.29 is 9.90 Å². The van der Waals surface area contributed by atoms with E-state index in [1.54, 1.807) is 0 Å². The molecule has 5 heteroatoms. The molecule has 0 aliphatic carbocycles. The zero-order valence-electron chi connectivity index (χ0n) is 9.13. The van der Waals surface area contributed by atoms with Crippen molar-refractivity contribution in [1.29, 1.82) is 0 Å². The van der Waals surface area contributed by atoms with Crippen molar-refractivity contribution in [2.24, 2.45) is 16.5 Å². The number of carbonyl (C=O) groups is 1. The number of nitrogens with zero attached hydrogens (tertiary/aromatic N) is 1. The van der Waals surface area contributed by atoms with E-state index in [0.29, 0.717) is 6.42 Å². The van der Waals surface area contributed by atoms with Gasteiger partial charge in [0, 0.05) is 6.42 Å². The minimum atomic E-state index is -0.751. The molecule has 1 heterocycles. The van der Waals surface area contributed by atoms with Gasteiger partial charge in [0.1, 0.15) is 23.2 Å². The predicted molar refractivity (Wildman–Crippen MR) is 64.4 cm³/mol. The fourth-order valence-electron chi connectivity index (χ4n) is 1.82. The van der Waals surface area contributed by atoms with Crippen molar-refractivity contribution in [3.8, 4) is 0 Å². The number of amidine groups is 1. The summed E-state index contributed by atoms with van der Waals surface area (Å²) < 4.78 is 0. The van der Waals surface area contributed by atoms with Gasteiger partial charge in [-0.3, -0.25) is 9.79 Å². The van der Waals surface area contributed by atoms with Gasteiger partial charge >= 0.3 is 0 Å². The minimum Gasteiger partial charge on any atom is -0.509 e. The number of amides is 1. The Balaban J connectivity index is 2.23. The van der Waals surface area contributed by atoms with Gasteiger partial charge in [0.2, 0.25) is 0 Å². The second-order valence-electron chi connectivity index (χ2n) is 3.84. The average molecular weight is 231 g/mol. The number of nitrogens with two attached hydrogens (primary N) is 2. The molecule has 1 aliphatic rings. The van der Waals surface area contributed by atoms with Crippen molar-refractivity contribution >= 4 is 11.7 Å². The van der Waals surface area contributed by atoms with Crippen LogP contribution in [0.4, 0.5) is 0 Å².